The summed E-state index contributed by atoms with van der Waals surface area (Å²) < 4.78 is 10.5. The van der Waals surface area contributed by atoms with Gasteiger partial charge in [-0.15, -0.1) is 0 Å². The zero-order chi connectivity index (χ0) is 20.3. The molecule has 0 bridgehead atoms. The highest BCUT2D eigenvalue weighted by Crippen LogP contribution is 2.32. The summed E-state index contributed by atoms with van der Waals surface area (Å²) in [6.45, 7) is 6.98. The van der Waals surface area contributed by atoms with E-state index >= 15 is 0 Å². The molecule has 1 aliphatic heterocycles. The Balaban J connectivity index is 1.94. The summed E-state index contributed by atoms with van der Waals surface area (Å²) in [4.78, 5) is 30.8. The van der Waals surface area contributed by atoms with E-state index in [1.165, 1.54) is 6.42 Å². The topological polar surface area (TPSA) is 83.7 Å². The fraction of sp³-hybridized carbons (Fsp3) is 0.524. The van der Waals surface area contributed by atoms with Gasteiger partial charge < -0.3 is 19.8 Å². The third-order valence-corrected chi connectivity index (χ3v) is 5.46. The summed E-state index contributed by atoms with van der Waals surface area (Å²) in [5.41, 5.74) is 1.42. The van der Waals surface area contributed by atoms with Crippen molar-refractivity contribution in [3.8, 4) is 5.75 Å². The van der Waals surface area contributed by atoms with Crippen LogP contribution in [-0.4, -0.2) is 54.1 Å². The lowest BCUT2D eigenvalue weighted by molar-refractivity contribution is -0.122. The number of aromatic amines is 1. The van der Waals surface area contributed by atoms with Crippen molar-refractivity contribution in [3.05, 3.63) is 23.9 Å². The smallest absolute Gasteiger partial charge is 0.356 e. The van der Waals surface area contributed by atoms with E-state index in [0.29, 0.717) is 17.5 Å². The number of hydrogen-bond acceptors (Lipinski definition) is 5. The molecular formula is C21H29N3O4. The molecule has 0 aliphatic carbocycles. The molecule has 2 atom stereocenters. The van der Waals surface area contributed by atoms with Gasteiger partial charge in [0.2, 0.25) is 5.91 Å². The second-order valence-electron chi connectivity index (χ2n) is 7.25. The SMILES string of the molecule is CCOC(=O)c1[nH]c2ccc(OC)cc2c1NC(=O)[C@H](C)N1CCCC[C@@H]1C. The molecule has 0 unspecified atom stereocenters. The molecule has 7 heteroatoms. The number of rotatable bonds is 6. The molecule has 1 saturated heterocycles. The van der Waals surface area contributed by atoms with Crippen molar-refractivity contribution < 1.29 is 19.1 Å². The number of nitrogens with one attached hydrogen (secondary N) is 2. The van der Waals surface area contributed by atoms with Gasteiger partial charge in [-0.3, -0.25) is 9.69 Å². The van der Waals surface area contributed by atoms with Crippen LogP contribution in [0.2, 0.25) is 0 Å². The molecule has 0 saturated carbocycles. The van der Waals surface area contributed by atoms with E-state index in [1.807, 2.05) is 13.0 Å². The molecule has 0 radical (unpaired) electrons. The van der Waals surface area contributed by atoms with Crippen molar-refractivity contribution in [2.45, 2.75) is 52.1 Å². The Bertz CT molecular complexity index is 861. The highest BCUT2D eigenvalue weighted by atomic mass is 16.5. The monoisotopic (exact) mass is 387 g/mol. The Labute approximate surface area is 165 Å². The summed E-state index contributed by atoms with van der Waals surface area (Å²) in [5.74, 6) is 0.0186. The second-order valence-corrected chi connectivity index (χ2v) is 7.25. The van der Waals surface area contributed by atoms with Crippen molar-refractivity contribution >= 4 is 28.5 Å². The van der Waals surface area contributed by atoms with Gasteiger partial charge in [0, 0.05) is 16.9 Å². The van der Waals surface area contributed by atoms with Crippen LogP contribution in [0.15, 0.2) is 18.2 Å². The predicted octanol–water partition coefficient (Wildman–Crippen LogP) is 3.55. The average molecular weight is 387 g/mol. The lowest BCUT2D eigenvalue weighted by Gasteiger charge is -2.37. The summed E-state index contributed by atoms with van der Waals surface area (Å²) in [7, 11) is 1.58. The molecule has 7 nitrogen and oxygen atoms in total. The molecule has 2 heterocycles. The van der Waals surface area contributed by atoms with Crippen LogP contribution in [0.1, 0.15) is 50.5 Å². The Hall–Kier alpha value is -2.54. The van der Waals surface area contributed by atoms with Crippen molar-refractivity contribution in [2.75, 3.05) is 25.6 Å². The number of likely N-dealkylation sites (tertiary alicyclic amines) is 1. The molecule has 152 valence electrons. The van der Waals surface area contributed by atoms with Gasteiger partial charge in [-0.25, -0.2) is 4.79 Å². The molecule has 2 aromatic rings. The third-order valence-electron chi connectivity index (χ3n) is 5.46. The maximum Gasteiger partial charge on any atom is 0.356 e. The molecule has 1 amide bonds. The fourth-order valence-electron chi connectivity index (χ4n) is 3.86. The normalized spacial score (nSPS) is 18.6. The minimum atomic E-state index is -0.494. The van der Waals surface area contributed by atoms with Crippen molar-refractivity contribution in [3.63, 3.8) is 0 Å². The first kappa shape index (κ1) is 20.2. The molecule has 1 aliphatic rings. The number of carbonyl (C=O) groups is 2. The summed E-state index contributed by atoms with van der Waals surface area (Å²) in [6.07, 6.45) is 3.39. The van der Waals surface area contributed by atoms with Gasteiger partial charge in [-0.1, -0.05) is 6.42 Å². The number of benzene rings is 1. The number of carbonyl (C=O) groups excluding carboxylic acids is 2. The minimum absolute atomic E-state index is 0.136. The van der Waals surface area contributed by atoms with Crippen molar-refractivity contribution in [1.29, 1.82) is 0 Å². The fourth-order valence-corrected chi connectivity index (χ4v) is 3.86. The summed E-state index contributed by atoms with van der Waals surface area (Å²) >= 11 is 0. The van der Waals surface area contributed by atoms with E-state index in [-0.39, 0.29) is 24.2 Å². The van der Waals surface area contributed by atoms with E-state index in [0.717, 1.165) is 30.3 Å². The van der Waals surface area contributed by atoms with Crippen molar-refractivity contribution in [1.82, 2.24) is 9.88 Å². The van der Waals surface area contributed by atoms with Gasteiger partial charge in [0.05, 0.1) is 25.4 Å². The lowest BCUT2D eigenvalue weighted by Crippen LogP contribution is -2.49. The number of amides is 1. The summed E-state index contributed by atoms with van der Waals surface area (Å²) in [5, 5.41) is 3.69. The largest absolute Gasteiger partial charge is 0.497 e. The van der Waals surface area contributed by atoms with Crippen LogP contribution in [-0.2, 0) is 9.53 Å². The van der Waals surface area contributed by atoms with Gasteiger partial charge in [0.25, 0.3) is 0 Å². The Morgan fingerprint density at radius 2 is 2.14 bits per heavy atom. The standard InChI is InChI=1S/C21H29N3O4/c1-5-28-21(26)19-18(16-12-15(27-4)9-10-17(16)22-19)23-20(25)14(3)24-11-7-6-8-13(24)2/h9-10,12-14,22H,5-8,11H2,1-4H3,(H,23,25)/t13-,14-/m0/s1. The van der Waals surface area contributed by atoms with E-state index in [1.54, 1.807) is 26.2 Å². The lowest BCUT2D eigenvalue weighted by atomic mass is 10.0. The van der Waals surface area contributed by atoms with Crippen LogP contribution in [0, 0.1) is 0 Å². The molecule has 1 fully saturated rings. The first-order valence-electron chi connectivity index (χ1n) is 9.89. The van der Waals surface area contributed by atoms with Crippen LogP contribution >= 0.6 is 0 Å². The molecule has 2 N–H and O–H groups in total. The Morgan fingerprint density at radius 1 is 1.36 bits per heavy atom. The molecule has 1 aromatic carbocycles. The number of nitrogens with zero attached hydrogens (tertiary/aromatic N) is 1. The van der Waals surface area contributed by atoms with Crippen LogP contribution in [0.4, 0.5) is 5.69 Å². The maximum absolute atomic E-state index is 13.0. The zero-order valence-electron chi connectivity index (χ0n) is 17.0. The van der Waals surface area contributed by atoms with Crippen molar-refractivity contribution in [2.24, 2.45) is 0 Å². The van der Waals surface area contributed by atoms with Gasteiger partial charge in [-0.2, -0.15) is 0 Å². The number of ether oxygens (including phenoxy) is 2. The number of H-pyrrole nitrogens is 1. The quantitative estimate of drug-likeness (QED) is 0.741. The number of fused-ring (bicyclic) bond motifs is 1. The summed E-state index contributed by atoms with van der Waals surface area (Å²) in [6, 6.07) is 5.50. The number of methoxy groups -OCH3 is 1. The molecular weight excluding hydrogens is 358 g/mol. The Kier molecular flexibility index (Phi) is 6.24. The van der Waals surface area contributed by atoms with Gasteiger partial charge in [0.1, 0.15) is 11.4 Å². The van der Waals surface area contributed by atoms with Gasteiger partial charge >= 0.3 is 5.97 Å². The zero-order valence-corrected chi connectivity index (χ0v) is 17.0. The van der Waals surface area contributed by atoms with Crippen LogP contribution in [0.3, 0.4) is 0 Å². The average Bonchev–Trinajstić information content (AvgIpc) is 3.05. The van der Waals surface area contributed by atoms with E-state index in [4.69, 9.17) is 9.47 Å². The molecule has 28 heavy (non-hydrogen) atoms. The first-order valence-corrected chi connectivity index (χ1v) is 9.89. The molecule has 1 aromatic heterocycles. The first-order chi connectivity index (χ1) is 13.5. The molecule has 3 rings (SSSR count). The van der Waals surface area contributed by atoms with Crippen LogP contribution < -0.4 is 10.1 Å². The predicted molar refractivity (Wildman–Crippen MR) is 109 cm³/mol. The Morgan fingerprint density at radius 3 is 2.82 bits per heavy atom. The van der Waals surface area contributed by atoms with Gasteiger partial charge in [-0.05, 0) is 58.4 Å². The van der Waals surface area contributed by atoms with Crippen LogP contribution in [0.5, 0.6) is 5.75 Å². The maximum atomic E-state index is 13.0. The highest BCUT2D eigenvalue weighted by Gasteiger charge is 2.29. The number of anilines is 1. The van der Waals surface area contributed by atoms with E-state index in [2.05, 4.69) is 22.1 Å². The second kappa shape index (κ2) is 8.65. The van der Waals surface area contributed by atoms with Crippen LogP contribution in [0.25, 0.3) is 10.9 Å². The number of aromatic nitrogens is 1. The van der Waals surface area contributed by atoms with E-state index in [9.17, 15) is 9.59 Å². The highest BCUT2D eigenvalue weighted by molar-refractivity contribution is 6.12. The van der Waals surface area contributed by atoms with E-state index < -0.39 is 5.97 Å². The minimum Gasteiger partial charge on any atom is -0.497 e. The third kappa shape index (κ3) is 3.99. The number of hydrogen-bond donors (Lipinski definition) is 2. The molecule has 0 spiro atoms. The number of esters is 1. The van der Waals surface area contributed by atoms with Gasteiger partial charge in [0.15, 0.2) is 0 Å². The number of piperidine rings is 1.